The number of aromatic nitrogens is 3. The summed E-state index contributed by atoms with van der Waals surface area (Å²) in [7, 11) is 0. The molecule has 4 aromatic rings. The maximum atomic E-state index is 13.7. The lowest BCUT2D eigenvalue weighted by atomic mass is 10.1. The highest BCUT2D eigenvalue weighted by Crippen LogP contribution is 2.26. The van der Waals surface area contributed by atoms with Crippen LogP contribution in [0.5, 0.6) is 0 Å². The highest BCUT2D eigenvalue weighted by molar-refractivity contribution is 7.13. The molecule has 0 aliphatic carbocycles. The minimum absolute atomic E-state index is 0.0141. The predicted molar refractivity (Wildman–Crippen MR) is 133 cm³/mol. The number of anilines is 1. The van der Waals surface area contributed by atoms with E-state index in [4.69, 9.17) is 16.7 Å². The molecule has 0 spiro atoms. The third kappa shape index (κ3) is 4.94. The van der Waals surface area contributed by atoms with Gasteiger partial charge in [0.1, 0.15) is 5.69 Å². The zero-order valence-electron chi connectivity index (χ0n) is 18.1. The van der Waals surface area contributed by atoms with E-state index >= 15 is 0 Å². The fourth-order valence-electron chi connectivity index (χ4n) is 4.10. The Hall–Kier alpha value is -3.16. The summed E-state index contributed by atoms with van der Waals surface area (Å²) in [5, 5.41) is 8.47. The maximum absolute atomic E-state index is 13.7. The van der Waals surface area contributed by atoms with Crippen molar-refractivity contribution in [1.29, 1.82) is 0 Å². The van der Waals surface area contributed by atoms with Gasteiger partial charge in [-0.25, -0.2) is 4.98 Å². The number of rotatable bonds is 5. The molecule has 2 aromatic carbocycles. The van der Waals surface area contributed by atoms with Crippen LogP contribution in [0.3, 0.4) is 0 Å². The first-order valence-corrected chi connectivity index (χ1v) is 12.2. The van der Waals surface area contributed by atoms with E-state index in [1.165, 1.54) is 0 Å². The number of carbonyl (C=O) groups excluding carboxylic acids is 1. The van der Waals surface area contributed by atoms with Gasteiger partial charge in [-0.1, -0.05) is 54.1 Å². The topological polar surface area (TPSA) is 54.3 Å². The van der Waals surface area contributed by atoms with E-state index in [-0.39, 0.29) is 5.91 Å². The largest absolute Gasteiger partial charge is 0.346 e. The molecule has 1 aliphatic heterocycles. The molecule has 8 heteroatoms. The molecule has 1 saturated heterocycles. The summed E-state index contributed by atoms with van der Waals surface area (Å²) in [5.74, 6) is 0.0141. The first-order chi connectivity index (χ1) is 16.2. The van der Waals surface area contributed by atoms with Crippen molar-refractivity contribution in [3.8, 4) is 11.3 Å². The fourth-order valence-corrected chi connectivity index (χ4v) is 4.93. The summed E-state index contributed by atoms with van der Waals surface area (Å²) in [6, 6.07) is 17.6. The van der Waals surface area contributed by atoms with Crippen LogP contribution in [0.15, 0.2) is 72.4 Å². The van der Waals surface area contributed by atoms with Crippen LogP contribution in [0, 0.1) is 0 Å². The number of hydrogen-bond donors (Lipinski definition) is 0. The van der Waals surface area contributed by atoms with Crippen LogP contribution in [-0.2, 0) is 6.54 Å². The molecule has 3 heterocycles. The van der Waals surface area contributed by atoms with Crippen molar-refractivity contribution in [2.24, 2.45) is 0 Å². The number of hydrogen-bond acceptors (Lipinski definition) is 5. The summed E-state index contributed by atoms with van der Waals surface area (Å²) in [5.41, 5.74) is 3.33. The van der Waals surface area contributed by atoms with E-state index in [1.54, 1.807) is 11.3 Å². The van der Waals surface area contributed by atoms with Gasteiger partial charge < -0.3 is 9.80 Å². The average molecular weight is 478 g/mol. The minimum Gasteiger partial charge on any atom is -0.346 e. The average Bonchev–Trinajstić information content (AvgIpc) is 3.45. The molecule has 168 valence electrons. The van der Waals surface area contributed by atoms with Crippen molar-refractivity contribution in [2.45, 2.75) is 13.0 Å². The van der Waals surface area contributed by atoms with Gasteiger partial charge >= 0.3 is 0 Å². The van der Waals surface area contributed by atoms with Gasteiger partial charge in [0.25, 0.3) is 5.91 Å². The molecule has 0 unspecified atom stereocenters. The molecule has 1 fully saturated rings. The first-order valence-electron chi connectivity index (χ1n) is 11.0. The standard InChI is InChI=1S/C25H24ClN5OS/c26-21-9-7-20(8-10-21)23-22(18-31(28-23)17-19-5-2-1-3-6-19)24(32)29-12-4-13-30(15-14-29)25-27-11-16-33-25/h1-3,5-11,16,18H,4,12-15,17H2. The van der Waals surface area contributed by atoms with Gasteiger partial charge in [-0.3, -0.25) is 9.48 Å². The Morgan fingerprint density at radius 3 is 2.58 bits per heavy atom. The lowest BCUT2D eigenvalue weighted by Crippen LogP contribution is -2.35. The normalized spacial score (nSPS) is 14.3. The highest BCUT2D eigenvalue weighted by Gasteiger charge is 2.26. The molecule has 0 radical (unpaired) electrons. The van der Waals surface area contributed by atoms with Crippen LogP contribution in [0.1, 0.15) is 22.3 Å². The summed E-state index contributed by atoms with van der Waals surface area (Å²) in [6.45, 7) is 3.64. The third-order valence-electron chi connectivity index (χ3n) is 5.77. The second-order valence-electron chi connectivity index (χ2n) is 8.03. The van der Waals surface area contributed by atoms with Crippen molar-refractivity contribution in [3.05, 3.63) is 88.5 Å². The quantitative estimate of drug-likeness (QED) is 0.403. The van der Waals surface area contributed by atoms with Crippen LogP contribution < -0.4 is 4.90 Å². The van der Waals surface area contributed by atoms with Crippen LogP contribution in [0.25, 0.3) is 11.3 Å². The Morgan fingerprint density at radius 2 is 1.82 bits per heavy atom. The number of amides is 1. The van der Waals surface area contributed by atoms with Gasteiger partial charge in [-0.05, 0) is 24.1 Å². The molecule has 0 saturated carbocycles. The second-order valence-corrected chi connectivity index (χ2v) is 9.34. The van der Waals surface area contributed by atoms with Gasteiger partial charge in [-0.15, -0.1) is 11.3 Å². The molecule has 1 amide bonds. The van der Waals surface area contributed by atoms with Crippen molar-refractivity contribution in [2.75, 3.05) is 31.1 Å². The smallest absolute Gasteiger partial charge is 0.257 e. The lowest BCUT2D eigenvalue weighted by Gasteiger charge is -2.21. The summed E-state index contributed by atoms with van der Waals surface area (Å²) < 4.78 is 1.85. The van der Waals surface area contributed by atoms with Crippen LogP contribution >= 0.6 is 22.9 Å². The predicted octanol–water partition coefficient (Wildman–Crippen LogP) is 5.06. The Kier molecular flexibility index (Phi) is 6.41. The number of halogens is 1. The molecule has 0 N–H and O–H groups in total. The molecular weight excluding hydrogens is 454 g/mol. The zero-order valence-corrected chi connectivity index (χ0v) is 19.7. The Bertz CT molecular complexity index is 1210. The first kappa shape index (κ1) is 21.7. The molecule has 0 atom stereocenters. The van der Waals surface area contributed by atoms with E-state index < -0.39 is 0 Å². The summed E-state index contributed by atoms with van der Waals surface area (Å²) in [6.07, 6.45) is 4.61. The summed E-state index contributed by atoms with van der Waals surface area (Å²) >= 11 is 7.74. The molecule has 6 nitrogen and oxygen atoms in total. The van der Waals surface area contributed by atoms with Gasteiger partial charge in [0, 0.05) is 54.5 Å². The van der Waals surface area contributed by atoms with Crippen molar-refractivity contribution < 1.29 is 4.79 Å². The molecule has 1 aliphatic rings. The Balaban J connectivity index is 1.42. The number of thiazole rings is 1. The van der Waals surface area contributed by atoms with E-state index in [2.05, 4.69) is 22.0 Å². The fraction of sp³-hybridized carbons (Fsp3) is 0.240. The molecular formula is C25H24ClN5OS. The number of benzene rings is 2. The maximum Gasteiger partial charge on any atom is 0.257 e. The monoisotopic (exact) mass is 477 g/mol. The van der Waals surface area contributed by atoms with Crippen molar-refractivity contribution >= 4 is 34.0 Å². The zero-order chi connectivity index (χ0) is 22.6. The SMILES string of the molecule is O=C(c1cn(Cc2ccccc2)nc1-c1ccc(Cl)cc1)N1CCCN(c2nccs2)CC1. The number of nitrogens with zero attached hydrogens (tertiary/aromatic N) is 5. The van der Waals surface area contributed by atoms with Crippen LogP contribution in [-0.4, -0.2) is 51.8 Å². The van der Waals surface area contributed by atoms with E-state index in [9.17, 15) is 4.79 Å². The van der Waals surface area contributed by atoms with Crippen LogP contribution in [0.4, 0.5) is 5.13 Å². The third-order valence-corrected chi connectivity index (χ3v) is 6.85. The molecule has 33 heavy (non-hydrogen) atoms. The Labute approximate surface area is 202 Å². The molecule has 2 aromatic heterocycles. The summed E-state index contributed by atoms with van der Waals surface area (Å²) in [4.78, 5) is 22.3. The van der Waals surface area contributed by atoms with Crippen molar-refractivity contribution in [1.82, 2.24) is 19.7 Å². The second kappa shape index (κ2) is 9.77. The van der Waals surface area contributed by atoms with Gasteiger partial charge in [-0.2, -0.15) is 5.10 Å². The molecule has 0 bridgehead atoms. The van der Waals surface area contributed by atoms with Gasteiger partial charge in [0.15, 0.2) is 5.13 Å². The lowest BCUT2D eigenvalue weighted by molar-refractivity contribution is 0.0767. The van der Waals surface area contributed by atoms with E-state index in [1.807, 2.05) is 69.8 Å². The minimum atomic E-state index is 0.0141. The Morgan fingerprint density at radius 1 is 1.00 bits per heavy atom. The van der Waals surface area contributed by atoms with E-state index in [0.29, 0.717) is 35.9 Å². The van der Waals surface area contributed by atoms with Crippen LogP contribution in [0.2, 0.25) is 5.02 Å². The molecule has 5 rings (SSSR count). The van der Waals surface area contributed by atoms with E-state index in [0.717, 1.165) is 35.8 Å². The number of carbonyl (C=O) groups is 1. The highest BCUT2D eigenvalue weighted by atomic mass is 35.5. The van der Waals surface area contributed by atoms with Gasteiger partial charge in [0.2, 0.25) is 0 Å². The van der Waals surface area contributed by atoms with Crippen molar-refractivity contribution in [3.63, 3.8) is 0 Å². The van der Waals surface area contributed by atoms with Gasteiger partial charge in [0.05, 0.1) is 12.1 Å².